The minimum Gasteiger partial charge on any atom is -0.384 e. The van der Waals surface area contributed by atoms with E-state index >= 15 is 0 Å². The van der Waals surface area contributed by atoms with Gasteiger partial charge in [-0.2, -0.15) is 0 Å². The van der Waals surface area contributed by atoms with E-state index in [9.17, 15) is 4.79 Å². The van der Waals surface area contributed by atoms with E-state index in [0.717, 1.165) is 16.1 Å². The van der Waals surface area contributed by atoms with E-state index in [1.807, 2.05) is 38.1 Å². The fourth-order valence-corrected chi connectivity index (χ4v) is 2.41. The predicted octanol–water partition coefficient (Wildman–Crippen LogP) is 2.29. The van der Waals surface area contributed by atoms with Crippen LogP contribution in [0.15, 0.2) is 29.6 Å². The van der Waals surface area contributed by atoms with Gasteiger partial charge in [-0.15, -0.1) is 11.3 Å². The molecule has 5 heteroatoms. The van der Waals surface area contributed by atoms with E-state index in [-0.39, 0.29) is 18.6 Å². The normalized spacial score (nSPS) is 11.4. The summed E-state index contributed by atoms with van der Waals surface area (Å²) >= 11 is 1.46. The van der Waals surface area contributed by atoms with Crippen molar-refractivity contribution < 1.29 is 9.90 Å². The molecule has 0 aliphatic heterocycles. The van der Waals surface area contributed by atoms with E-state index < -0.39 is 0 Å². The highest BCUT2D eigenvalue weighted by Gasteiger charge is 2.13. The van der Waals surface area contributed by atoms with Gasteiger partial charge in [0.15, 0.2) is 0 Å². The first-order valence-electron chi connectivity index (χ1n) is 6.53. The fourth-order valence-electron chi connectivity index (χ4n) is 1.82. The number of amides is 1. The van der Waals surface area contributed by atoms with Crippen LogP contribution in [-0.4, -0.2) is 22.6 Å². The summed E-state index contributed by atoms with van der Waals surface area (Å²) in [7, 11) is 0. The van der Waals surface area contributed by atoms with Crippen molar-refractivity contribution in [2.75, 3.05) is 6.61 Å². The van der Waals surface area contributed by atoms with Crippen molar-refractivity contribution in [2.24, 2.45) is 0 Å². The number of aliphatic hydroxyl groups is 1. The summed E-state index contributed by atoms with van der Waals surface area (Å²) < 4.78 is 0. The number of carbonyl (C=O) groups is 1. The Morgan fingerprint density at radius 2 is 2.14 bits per heavy atom. The summed E-state index contributed by atoms with van der Waals surface area (Å²) in [5.74, 6) is 5.26. The first-order valence-corrected chi connectivity index (χ1v) is 7.41. The van der Waals surface area contributed by atoms with Crippen molar-refractivity contribution in [1.82, 2.24) is 10.3 Å². The summed E-state index contributed by atoms with van der Waals surface area (Å²) in [6, 6.07) is 7.46. The maximum Gasteiger partial charge on any atom is 0.271 e. The highest BCUT2D eigenvalue weighted by molar-refractivity contribution is 7.09. The third kappa shape index (κ3) is 4.15. The summed E-state index contributed by atoms with van der Waals surface area (Å²) in [6.45, 7) is 3.64. The molecule has 0 saturated heterocycles. The van der Waals surface area contributed by atoms with Crippen LogP contribution in [0.4, 0.5) is 0 Å². The van der Waals surface area contributed by atoms with E-state index in [4.69, 9.17) is 5.11 Å². The lowest BCUT2D eigenvalue weighted by atomic mass is 10.1. The standard InChI is InChI=1S/C16H16N2O2S/c1-11(17-16(20)15-10-21-12(2)18-15)14-7-5-13(6-8-14)4-3-9-19/h5-8,10-11,19H,9H2,1-2H3,(H,17,20). The summed E-state index contributed by atoms with van der Waals surface area (Å²) in [5, 5.41) is 14.2. The minimum absolute atomic E-state index is 0.112. The molecule has 0 aliphatic carbocycles. The smallest absolute Gasteiger partial charge is 0.271 e. The van der Waals surface area contributed by atoms with Crippen LogP contribution < -0.4 is 5.32 Å². The summed E-state index contributed by atoms with van der Waals surface area (Å²) in [5.41, 5.74) is 2.28. The SMILES string of the molecule is Cc1nc(C(=O)NC(C)c2ccc(C#CCO)cc2)cs1. The van der Waals surface area contributed by atoms with E-state index in [1.165, 1.54) is 11.3 Å². The van der Waals surface area contributed by atoms with Crippen LogP contribution in [0.1, 0.15) is 39.6 Å². The van der Waals surface area contributed by atoms with Gasteiger partial charge in [0, 0.05) is 10.9 Å². The van der Waals surface area contributed by atoms with E-state index in [1.54, 1.807) is 5.38 Å². The molecule has 1 aromatic carbocycles. The molecule has 2 aromatic rings. The first-order chi connectivity index (χ1) is 10.1. The zero-order chi connectivity index (χ0) is 15.2. The lowest BCUT2D eigenvalue weighted by molar-refractivity contribution is 0.0935. The molecule has 2 N–H and O–H groups in total. The molecule has 4 nitrogen and oxygen atoms in total. The zero-order valence-electron chi connectivity index (χ0n) is 11.9. The maximum atomic E-state index is 12.0. The number of aryl methyl sites for hydroxylation is 1. The van der Waals surface area contributed by atoms with Gasteiger partial charge in [0.25, 0.3) is 5.91 Å². The van der Waals surface area contributed by atoms with Gasteiger partial charge in [-0.25, -0.2) is 4.98 Å². The second-order valence-corrected chi connectivity index (χ2v) is 5.59. The Morgan fingerprint density at radius 3 is 2.71 bits per heavy atom. The van der Waals surface area contributed by atoms with Crippen molar-refractivity contribution in [2.45, 2.75) is 19.9 Å². The molecule has 1 amide bonds. The summed E-state index contributed by atoms with van der Waals surface area (Å²) in [4.78, 5) is 16.2. The number of rotatable bonds is 3. The van der Waals surface area contributed by atoms with Gasteiger partial charge in [-0.3, -0.25) is 4.79 Å². The first kappa shape index (κ1) is 15.2. The number of hydrogen-bond donors (Lipinski definition) is 2. The van der Waals surface area contributed by atoms with Gasteiger partial charge in [0.1, 0.15) is 12.3 Å². The Morgan fingerprint density at radius 1 is 1.43 bits per heavy atom. The highest BCUT2D eigenvalue weighted by Crippen LogP contribution is 2.15. The average molecular weight is 300 g/mol. The van der Waals surface area contributed by atoms with Crippen molar-refractivity contribution in [3.63, 3.8) is 0 Å². The molecule has 0 radical (unpaired) electrons. The van der Waals surface area contributed by atoms with E-state index in [0.29, 0.717) is 5.69 Å². The van der Waals surface area contributed by atoms with Gasteiger partial charge in [0.05, 0.1) is 11.0 Å². The fraction of sp³-hybridized carbons (Fsp3) is 0.250. The predicted molar refractivity (Wildman–Crippen MR) is 83.1 cm³/mol. The Hall–Kier alpha value is -2.16. The number of carbonyl (C=O) groups excluding carboxylic acids is 1. The topological polar surface area (TPSA) is 62.2 Å². The average Bonchev–Trinajstić information content (AvgIpc) is 2.92. The van der Waals surface area contributed by atoms with Crippen LogP contribution in [-0.2, 0) is 0 Å². The third-order valence-electron chi connectivity index (χ3n) is 2.92. The maximum absolute atomic E-state index is 12.0. The molecule has 21 heavy (non-hydrogen) atoms. The molecule has 1 aromatic heterocycles. The number of aliphatic hydroxyl groups excluding tert-OH is 1. The Kier molecular flexibility index (Phi) is 5.09. The van der Waals surface area contributed by atoms with Crippen LogP contribution >= 0.6 is 11.3 Å². The molecule has 1 atom stereocenters. The van der Waals surface area contributed by atoms with Crippen LogP contribution in [0.3, 0.4) is 0 Å². The van der Waals surface area contributed by atoms with Crippen molar-refractivity contribution in [3.05, 3.63) is 51.5 Å². The monoisotopic (exact) mass is 300 g/mol. The van der Waals surface area contributed by atoms with Gasteiger partial charge in [-0.1, -0.05) is 24.0 Å². The van der Waals surface area contributed by atoms with Crippen molar-refractivity contribution in [1.29, 1.82) is 0 Å². The number of aromatic nitrogens is 1. The molecular formula is C16H16N2O2S. The molecule has 0 saturated carbocycles. The molecular weight excluding hydrogens is 284 g/mol. The number of hydrogen-bond acceptors (Lipinski definition) is 4. The molecule has 108 valence electrons. The molecule has 0 aliphatic rings. The number of nitrogens with one attached hydrogen (secondary N) is 1. The van der Waals surface area contributed by atoms with Crippen LogP contribution in [0.25, 0.3) is 0 Å². The van der Waals surface area contributed by atoms with Crippen molar-refractivity contribution in [3.8, 4) is 11.8 Å². The van der Waals surface area contributed by atoms with Crippen LogP contribution in [0.5, 0.6) is 0 Å². The van der Waals surface area contributed by atoms with Gasteiger partial charge < -0.3 is 10.4 Å². The second-order valence-electron chi connectivity index (χ2n) is 4.53. The van der Waals surface area contributed by atoms with Gasteiger partial charge in [0.2, 0.25) is 0 Å². The lowest BCUT2D eigenvalue weighted by Crippen LogP contribution is -2.26. The highest BCUT2D eigenvalue weighted by atomic mass is 32.1. The minimum atomic E-state index is -0.170. The Labute approximate surface area is 127 Å². The molecule has 2 rings (SSSR count). The van der Waals surface area contributed by atoms with E-state index in [2.05, 4.69) is 22.1 Å². The molecule has 0 fully saturated rings. The second kappa shape index (κ2) is 7.02. The zero-order valence-corrected chi connectivity index (χ0v) is 12.7. The molecule has 1 heterocycles. The van der Waals surface area contributed by atoms with Crippen molar-refractivity contribution >= 4 is 17.2 Å². The van der Waals surface area contributed by atoms with Gasteiger partial charge in [-0.05, 0) is 31.5 Å². The molecule has 0 bridgehead atoms. The number of benzene rings is 1. The van der Waals surface area contributed by atoms with Crippen LogP contribution in [0, 0.1) is 18.8 Å². The number of nitrogens with zero attached hydrogens (tertiary/aromatic N) is 1. The lowest BCUT2D eigenvalue weighted by Gasteiger charge is -2.13. The Bertz CT molecular complexity index is 680. The van der Waals surface area contributed by atoms with Gasteiger partial charge >= 0.3 is 0 Å². The molecule has 0 spiro atoms. The Balaban J connectivity index is 2.03. The summed E-state index contributed by atoms with van der Waals surface area (Å²) in [6.07, 6.45) is 0. The third-order valence-corrected chi connectivity index (χ3v) is 3.70. The van der Waals surface area contributed by atoms with Crippen LogP contribution in [0.2, 0.25) is 0 Å². The number of thiazole rings is 1. The largest absolute Gasteiger partial charge is 0.384 e. The molecule has 1 unspecified atom stereocenters. The quantitative estimate of drug-likeness (QED) is 0.855.